The third-order valence-corrected chi connectivity index (χ3v) is 5.59. The second-order valence-electron chi connectivity index (χ2n) is 7.63. The number of methoxy groups -OCH3 is 1. The molecule has 3 rings (SSSR count). The Morgan fingerprint density at radius 2 is 1.67 bits per heavy atom. The first-order valence-corrected chi connectivity index (χ1v) is 10.6. The summed E-state index contributed by atoms with van der Waals surface area (Å²) in [4.78, 5) is 27.6. The van der Waals surface area contributed by atoms with Gasteiger partial charge in [0, 0.05) is 17.7 Å². The van der Waals surface area contributed by atoms with Gasteiger partial charge in [-0.15, -0.1) is 0 Å². The van der Waals surface area contributed by atoms with Crippen molar-refractivity contribution in [3.63, 3.8) is 0 Å². The summed E-state index contributed by atoms with van der Waals surface area (Å²) < 4.78 is 5.23. The predicted molar refractivity (Wildman–Crippen MR) is 114 cm³/mol. The fraction of sp³-hybridized carbons (Fsp3) is 0.391. The molecule has 0 saturated carbocycles. The topological polar surface area (TPSA) is 76.3 Å². The van der Waals surface area contributed by atoms with Crippen LogP contribution in [0.4, 0.5) is 4.79 Å². The summed E-state index contributed by atoms with van der Waals surface area (Å²) >= 11 is 0. The maximum absolute atomic E-state index is 12.9. The second kappa shape index (κ2) is 10.8. The van der Waals surface area contributed by atoms with E-state index in [-0.39, 0.29) is 5.91 Å². The number of amides is 3. The van der Waals surface area contributed by atoms with Crippen LogP contribution in [0.2, 0.25) is 0 Å². The first-order chi connectivity index (χ1) is 14.6. The van der Waals surface area contributed by atoms with E-state index in [9.17, 15) is 9.59 Å². The number of carbonyl (C=O) groups excluding carboxylic acids is 2. The third kappa shape index (κ3) is 5.81. The first-order valence-electron chi connectivity index (χ1n) is 10.6. The predicted octanol–water partition coefficient (Wildman–Crippen LogP) is -0.434. The lowest BCUT2D eigenvalue weighted by molar-refractivity contribution is -1.03. The van der Waals surface area contributed by atoms with E-state index < -0.39 is 12.1 Å². The van der Waals surface area contributed by atoms with E-state index in [2.05, 4.69) is 22.8 Å². The Hall–Kier alpha value is -2.90. The van der Waals surface area contributed by atoms with Gasteiger partial charge in [-0.25, -0.2) is 4.79 Å². The molecule has 0 aromatic heterocycles. The van der Waals surface area contributed by atoms with E-state index in [1.807, 2.05) is 49.4 Å². The van der Waals surface area contributed by atoms with Gasteiger partial charge >= 0.3 is 6.03 Å². The number of nitrogens with one attached hydrogen (secondary N) is 4. The summed E-state index contributed by atoms with van der Waals surface area (Å²) in [5, 5.41) is 5.15. The third-order valence-electron chi connectivity index (χ3n) is 5.59. The van der Waals surface area contributed by atoms with Gasteiger partial charge in [-0.05, 0) is 31.2 Å². The number of urea groups is 1. The van der Waals surface area contributed by atoms with Crippen molar-refractivity contribution in [2.24, 2.45) is 0 Å². The van der Waals surface area contributed by atoms with Gasteiger partial charge in [0.05, 0.1) is 7.11 Å². The molecule has 160 valence electrons. The summed E-state index contributed by atoms with van der Waals surface area (Å²) in [6.45, 7) is 6.95. The first kappa shape index (κ1) is 21.8. The number of quaternary nitrogens is 2. The largest absolute Gasteiger partial charge is 0.497 e. The highest BCUT2D eigenvalue weighted by molar-refractivity contribution is 5.96. The maximum atomic E-state index is 12.9. The Morgan fingerprint density at radius 1 is 1.00 bits per heavy atom. The minimum atomic E-state index is -0.438. The molecule has 1 saturated heterocycles. The molecule has 2 aromatic rings. The molecular weight excluding hydrogens is 380 g/mol. The Bertz CT molecular complexity index is 818. The van der Waals surface area contributed by atoms with Crippen LogP contribution in [0.5, 0.6) is 5.75 Å². The number of carbonyl (C=O) groups is 2. The summed E-state index contributed by atoms with van der Waals surface area (Å²) in [5.41, 5.74) is 2.22. The molecule has 1 aliphatic rings. The van der Waals surface area contributed by atoms with Crippen molar-refractivity contribution >= 4 is 11.9 Å². The van der Waals surface area contributed by atoms with Crippen LogP contribution in [0.15, 0.2) is 54.6 Å². The number of rotatable bonds is 7. The fourth-order valence-corrected chi connectivity index (χ4v) is 4.03. The van der Waals surface area contributed by atoms with Crippen LogP contribution in [0.1, 0.15) is 24.1 Å². The summed E-state index contributed by atoms with van der Waals surface area (Å²) in [7, 11) is 1.67. The Balaban J connectivity index is 1.64. The maximum Gasteiger partial charge on any atom is 0.321 e. The average molecular weight is 413 g/mol. The highest BCUT2D eigenvalue weighted by atomic mass is 16.5. The molecule has 1 aliphatic heterocycles. The molecule has 2 aromatic carbocycles. The molecule has 30 heavy (non-hydrogen) atoms. The van der Waals surface area contributed by atoms with Crippen LogP contribution in [-0.4, -0.2) is 51.8 Å². The van der Waals surface area contributed by atoms with Gasteiger partial charge in [0.15, 0.2) is 6.04 Å². The lowest BCUT2D eigenvalue weighted by Crippen LogP contribution is -3.28. The molecule has 1 atom stereocenters. The SMILES string of the molecule is CCNC(=O)NC(=O)[C@@H](c1ccccc1)[NH+]1CC[NH+](Cc2ccc(OC)cc2)CC1. The molecule has 1 heterocycles. The van der Waals surface area contributed by atoms with Crippen LogP contribution < -0.4 is 25.2 Å². The van der Waals surface area contributed by atoms with Gasteiger partial charge in [-0.2, -0.15) is 0 Å². The monoisotopic (exact) mass is 412 g/mol. The number of imide groups is 1. The zero-order valence-electron chi connectivity index (χ0n) is 17.7. The van der Waals surface area contributed by atoms with Gasteiger partial charge in [0.25, 0.3) is 5.91 Å². The van der Waals surface area contributed by atoms with E-state index in [1.165, 1.54) is 15.4 Å². The Kier molecular flexibility index (Phi) is 7.82. The van der Waals surface area contributed by atoms with Gasteiger partial charge in [0.1, 0.15) is 38.5 Å². The van der Waals surface area contributed by atoms with Crippen molar-refractivity contribution in [3.05, 3.63) is 65.7 Å². The van der Waals surface area contributed by atoms with Crippen molar-refractivity contribution in [2.75, 3.05) is 39.8 Å². The molecule has 4 N–H and O–H groups in total. The minimum Gasteiger partial charge on any atom is -0.497 e. The number of hydrogen-bond acceptors (Lipinski definition) is 3. The molecular formula is C23H32N4O3+2. The number of piperazine rings is 1. The van der Waals surface area contributed by atoms with Gasteiger partial charge in [-0.3, -0.25) is 10.1 Å². The van der Waals surface area contributed by atoms with Crippen LogP contribution in [0.3, 0.4) is 0 Å². The molecule has 0 bridgehead atoms. The Morgan fingerprint density at radius 3 is 2.27 bits per heavy atom. The molecule has 3 amide bonds. The minimum absolute atomic E-state index is 0.249. The van der Waals surface area contributed by atoms with E-state index in [1.54, 1.807) is 7.11 Å². The number of ether oxygens (including phenoxy) is 1. The van der Waals surface area contributed by atoms with E-state index >= 15 is 0 Å². The molecule has 0 aliphatic carbocycles. The number of benzene rings is 2. The van der Waals surface area contributed by atoms with Crippen molar-refractivity contribution in [1.29, 1.82) is 0 Å². The molecule has 7 heteroatoms. The highest BCUT2D eigenvalue weighted by Gasteiger charge is 2.36. The van der Waals surface area contributed by atoms with E-state index in [4.69, 9.17) is 4.74 Å². The van der Waals surface area contributed by atoms with Gasteiger partial charge in [0.2, 0.25) is 0 Å². The summed E-state index contributed by atoms with van der Waals surface area (Å²) in [6, 6.07) is 17.1. The van der Waals surface area contributed by atoms with Crippen molar-refractivity contribution in [1.82, 2.24) is 10.6 Å². The molecule has 1 fully saturated rings. The Labute approximate surface area is 178 Å². The molecule has 0 radical (unpaired) electrons. The van der Waals surface area contributed by atoms with Crippen molar-refractivity contribution in [3.8, 4) is 5.75 Å². The summed E-state index contributed by atoms with van der Waals surface area (Å²) in [6.07, 6.45) is 0. The van der Waals surface area contributed by atoms with Gasteiger partial charge < -0.3 is 19.9 Å². The van der Waals surface area contributed by atoms with E-state index in [0.717, 1.165) is 44.0 Å². The zero-order valence-corrected chi connectivity index (χ0v) is 17.7. The summed E-state index contributed by atoms with van der Waals surface area (Å²) in [5.74, 6) is 0.618. The molecule has 0 spiro atoms. The van der Waals surface area contributed by atoms with Crippen LogP contribution in [0.25, 0.3) is 0 Å². The normalized spacial score (nSPS) is 19.5. The lowest BCUT2D eigenvalue weighted by atomic mass is 10.0. The van der Waals surface area contributed by atoms with Crippen molar-refractivity contribution < 1.29 is 24.1 Å². The van der Waals surface area contributed by atoms with Gasteiger partial charge in [-0.1, -0.05) is 30.3 Å². The smallest absolute Gasteiger partial charge is 0.321 e. The standard InChI is InChI=1S/C23H30N4O3/c1-3-24-23(29)25-22(28)21(19-7-5-4-6-8-19)27-15-13-26(14-16-27)17-18-9-11-20(30-2)12-10-18/h4-12,21H,3,13-17H2,1-2H3,(H2,24,25,28,29)/p+2/t21-/m1/s1. The quantitative estimate of drug-likeness (QED) is 0.498. The van der Waals surface area contributed by atoms with Crippen molar-refractivity contribution in [2.45, 2.75) is 19.5 Å². The second-order valence-corrected chi connectivity index (χ2v) is 7.63. The lowest BCUT2D eigenvalue weighted by Gasteiger charge is -2.34. The van der Waals surface area contributed by atoms with Crippen LogP contribution in [0, 0.1) is 0 Å². The highest BCUT2D eigenvalue weighted by Crippen LogP contribution is 2.11. The average Bonchev–Trinajstić information content (AvgIpc) is 2.76. The van der Waals surface area contributed by atoms with Crippen LogP contribution in [-0.2, 0) is 11.3 Å². The molecule has 0 unspecified atom stereocenters. The fourth-order valence-electron chi connectivity index (χ4n) is 4.03. The number of hydrogen-bond donors (Lipinski definition) is 4. The zero-order chi connectivity index (χ0) is 21.3. The van der Waals surface area contributed by atoms with E-state index in [0.29, 0.717) is 6.54 Å². The van der Waals surface area contributed by atoms with Crippen LogP contribution >= 0.6 is 0 Å². The molecule has 7 nitrogen and oxygen atoms in total.